The van der Waals surface area contributed by atoms with Gasteiger partial charge in [0.1, 0.15) is 23.5 Å². The van der Waals surface area contributed by atoms with Crippen molar-refractivity contribution in [2.45, 2.75) is 83.5 Å². The lowest BCUT2D eigenvalue weighted by Crippen LogP contribution is -2.42. The Labute approximate surface area is 194 Å². The molecule has 0 bridgehead atoms. The van der Waals surface area contributed by atoms with Gasteiger partial charge in [-0.3, -0.25) is 4.79 Å². The lowest BCUT2D eigenvalue weighted by Gasteiger charge is -2.33. The predicted molar refractivity (Wildman–Crippen MR) is 125 cm³/mol. The maximum atomic E-state index is 13.3. The molecule has 176 valence electrons. The highest BCUT2D eigenvalue weighted by Crippen LogP contribution is 2.44. The Hall–Kier alpha value is -3.16. The molecule has 0 spiro atoms. The van der Waals surface area contributed by atoms with Crippen LogP contribution in [0.5, 0.6) is 5.75 Å². The molecule has 0 aliphatic heterocycles. The molecule has 3 N–H and O–H groups in total. The number of fused-ring (bicyclic) bond motifs is 3. The third-order valence-corrected chi connectivity index (χ3v) is 6.26. The minimum atomic E-state index is -0.822. The minimum Gasteiger partial charge on any atom is -0.490 e. The molecule has 8 heteroatoms. The Bertz CT molecular complexity index is 1080. The zero-order chi connectivity index (χ0) is 24.0. The van der Waals surface area contributed by atoms with Crippen molar-refractivity contribution < 1.29 is 19.1 Å². The van der Waals surface area contributed by atoms with Crippen molar-refractivity contribution in [3.8, 4) is 17.0 Å². The molecule has 2 aromatic rings. The number of ketones is 1. The van der Waals surface area contributed by atoms with E-state index in [1.165, 1.54) is 6.33 Å². The van der Waals surface area contributed by atoms with Gasteiger partial charge in [-0.15, -0.1) is 0 Å². The van der Waals surface area contributed by atoms with Gasteiger partial charge in [0.2, 0.25) is 0 Å². The van der Waals surface area contributed by atoms with Gasteiger partial charge in [0.05, 0.1) is 17.2 Å². The Morgan fingerprint density at radius 3 is 2.48 bits per heavy atom. The second-order valence-corrected chi connectivity index (χ2v) is 10.4. The van der Waals surface area contributed by atoms with Gasteiger partial charge in [-0.05, 0) is 78.5 Å². The zero-order valence-corrected chi connectivity index (χ0v) is 19.9. The number of Topliss-reactive ketones (excluding diaryl/α,β-unsaturated/α-hetero) is 1. The van der Waals surface area contributed by atoms with Crippen molar-refractivity contribution >= 4 is 17.7 Å². The first-order valence-corrected chi connectivity index (χ1v) is 11.4. The van der Waals surface area contributed by atoms with Crippen molar-refractivity contribution in [2.24, 2.45) is 0 Å². The van der Waals surface area contributed by atoms with E-state index in [0.29, 0.717) is 28.4 Å². The molecule has 0 atom stereocenters. The van der Waals surface area contributed by atoms with E-state index in [9.17, 15) is 9.59 Å². The Kier molecular flexibility index (Phi) is 5.80. The first-order valence-electron chi connectivity index (χ1n) is 11.4. The average Bonchev–Trinajstić information content (AvgIpc) is 2.72. The molecule has 1 saturated carbocycles. The number of nitrogens with two attached hydrogens (primary N) is 1. The number of nitrogen functional groups attached to an aromatic ring is 1. The molecule has 1 aromatic carbocycles. The van der Waals surface area contributed by atoms with E-state index in [1.54, 1.807) is 0 Å². The number of alkyl carbamates (subject to hydrolysis) is 1. The number of nitrogens with one attached hydrogen (secondary N) is 1. The molecule has 2 aliphatic rings. The van der Waals surface area contributed by atoms with Crippen LogP contribution >= 0.6 is 0 Å². The van der Waals surface area contributed by atoms with Crippen LogP contribution in [0.2, 0.25) is 0 Å². The molecule has 0 saturated heterocycles. The molecule has 1 fully saturated rings. The van der Waals surface area contributed by atoms with Gasteiger partial charge in [-0.2, -0.15) is 0 Å². The van der Waals surface area contributed by atoms with Gasteiger partial charge >= 0.3 is 6.09 Å². The van der Waals surface area contributed by atoms with Crippen molar-refractivity contribution in [3.05, 3.63) is 35.7 Å². The van der Waals surface area contributed by atoms with E-state index in [0.717, 1.165) is 31.2 Å². The first-order chi connectivity index (χ1) is 15.5. The molecule has 2 aliphatic carbocycles. The fraction of sp³-hybridized carbons (Fsp3) is 0.520. The molecule has 0 unspecified atom stereocenters. The number of hydrogen-bond donors (Lipinski definition) is 2. The number of amides is 1. The Balaban J connectivity index is 1.45. The van der Waals surface area contributed by atoms with Gasteiger partial charge in [0, 0.05) is 22.7 Å². The topological polar surface area (TPSA) is 116 Å². The van der Waals surface area contributed by atoms with Crippen LogP contribution < -0.4 is 15.8 Å². The second kappa shape index (κ2) is 8.32. The molecule has 1 heterocycles. The Morgan fingerprint density at radius 2 is 1.82 bits per heavy atom. The van der Waals surface area contributed by atoms with E-state index in [-0.39, 0.29) is 24.0 Å². The number of rotatable bonds is 3. The summed E-state index contributed by atoms with van der Waals surface area (Å²) < 4.78 is 11.6. The van der Waals surface area contributed by atoms with Crippen LogP contribution in [-0.2, 0) is 10.2 Å². The van der Waals surface area contributed by atoms with E-state index in [4.69, 9.17) is 15.2 Å². The number of benzene rings is 1. The summed E-state index contributed by atoms with van der Waals surface area (Å²) in [5.41, 5.74) is 7.47. The quantitative estimate of drug-likeness (QED) is 0.708. The van der Waals surface area contributed by atoms with Crippen LogP contribution in [0.25, 0.3) is 11.3 Å². The number of carbonyl (C=O) groups excluding carboxylic acids is 2. The van der Waals surface area contributed by atoms with E-state index in [2.05, 4.69) is 15.3 Å². The first kappa shape index (κ1) is 23.0. The highest BCUT2D eigenvalue weighted by molar-refractivity contribution is 6.12. The summed E-state index contributed by atoms with van der Waals surface area (Å²) in [6.45, 7) is 9.25. The number of nitrogens with zero attached hydrogens (tertiary/aromatic N) is 2. The predicted octanol–water partition coefficient (Wildman–Crippen LogP) is 4.41. The molecule has 1 amide bonds. The Morgan fingerprint density at radius 1 is 1.12 bits per heavy atom. The highest BCUT2D eigenvalue weighted by Gasteiger charge is 2.42. The maximum Gasteiger partial charge on any atom is 0.407 e. The number of aromatic nitrogens is 2. The monoisotopic (exact) mass is 452 g/mol. The molecule has 8 nitrogen and oxygen atoms in total. The number of anilines is 1. The fourth-order valence-corrected chi connectivity index (χ4v) is 4.65. The largest absolute Gasteiger partial charge is 0.490 e. The number of carbonyl (C=O) groups is 2. The van der Waals surface area contributed by atoms with Gasteiger partial charge in [0.15, 0.2) is 5.78 Å². The van der Waals surface area contributed by atoms with Gasteiger partial charge < -0.3 is 20.5 Å². The van der Waals surface area contributed by atoms with E-state index < -0.39 is 11.0 Å². The van der Waals surface area contributed by atoms with Crippen LogP contribution in [0.3, 0.4) is 0 Å². The number of ether oxygens (including phenoxy) is 2. The fourth-order valence-electron chi connectivity index (χ4n) is 4.65. The van der Waals surface area contributed by atoms with Crippen molar-refractivity contribution in [1.82, 2.24) is 15.3 Å². The molecular formula is C25H32N4O4. The maximum absolute atomic E-state index is 13.3. The lowest BCUT2D eigenvalue weighted by molar-refractivity contribution is 0.0471. The van der Waals surface area contributed by atoms with Crippen LogP contribution in [0, 0.1) is 0 Å². The third-order valence-electron chi connectivity index (χ3n) is 6.26. The standard InChI is InChI=1S/C25H32N4O4/c1-24(2,3)33-23(31)29-14-6-8-15(9-7-14)32-16-10-11-17-18(12-16)21(30)25(4,5)19-20(17)27-13-28-22(19)26/h10-15H,6-9H2,1-5H3,(H,29,31)(H2,26,27,28)/t14-,15-. The highest BCUT2D eigenvalue weighted by atomic mass is 16.6. The normalized spacial score (nSPS) is 21.5. The lowest BCUT2D eigenvalue weighted by atomic mass is 9.71. The summed E-state index contributed by atoms with van der Waals surface area (Å²) in [6, 6.07) is 5.63. The molecule has 33 heavy (non-hydrogen) atoms. The van der Waals surface area contributed by atoms with E-state index in [1.807, 2.05) is 52.8 Å². The summed E-state index contributed by atoms with van der Waals surface area (Å²) in [7, 11) is 0. The molecule has 1 aromatic heterocycles. The zero-order valence-electron chi connectivity index (χ0n) is 19.9. The average molecular weight is 453 g/mol. The van der Waals surface area contributed by atoms with Crippen molar-refractivity contribution in [3.63, 3.8) is 0 Å². The van der Waals surface area contributed by atoms with Crippen LogP contribution in [0.1, 0.15) is 76.2 Å². The summed E-state index contributed by atoms with van der Waals surface area (Å²) in [6.07, 6.45) is 4.31. The van der Waals surface area contributed by atoms with Crippen LogP contribution in [0.15, 0.2) is 24.5 Å². The van der Waals surface area contributed by atoms with Crippen molar-refractivity contribution in [1.29, 1.82) is 0 Å². The summed E-state index contributed by atoms with van der Waals surface area (Å²) in [5, 5.41) is 2.95. The summed E-state index contributed by atoms with van der Waals surface area (Å²) >= 11 is 0. The minimum absolute atomic E-state index is 0.0247. The summed E-state index contributed by atoms with van der Waals surface area (Å²) in [4.78, 5) is 33.8. The van der Waals surface area contributed by atoms with Gasteiger partial charge in [0.25, 0.3) is 0 Å². The second-order valence-electron chi connectivity index (χ2n) is 10.4. The van der Waals surface area contributed by atoms with Crippen LogP contribution in [-0.4, -0.2) is 39.6 Å². The molecule has 0 radical (unpaired) electrons. The molecular weight excluding hydrogens is 420 g/mol. The van der Waals surface area contributed by atoms with Gasteiger partial charge in [-0.1, -0.05) is 0 Å². The molecule has 4 rings (SSSR count). The van der Waals surface area contributed by atoms with Crippen LogP contribution in [0.4, 0.5) is 10.6 Å². The van der Waals surface area contributed by atoms with E-state index >= 15 is 0 Å². The van der Waals surface area contributed by atoms with Gasteiger partial charge in [-0.25, -0.2) is 14.8 Å². The summed E-state index contributed by atoms with van der Waals surface area (Å²) in [5.74, 6) is 0.968. The SMILES string of the molecule is CC(C)(C)OC(=O)N[C@H]1CC[C@H](Oc2ccc3c(c2)C(=O)C(C)(C)c2c(N)ncnc2-3)CC1. The smallest absolute Gasteiger partial charge is 0.407 e. The number of hydrogen-bond acceptors (Lipinski definition) is 7. The third kappa shape index (κ3) is 4.65. The van der Waals surface area contributed by atoms with Crippen molar-refractivity contribution in [2.75, 3.05) is 5.73 Å².